The van der Waals surface area contributed by atoms with Gasteiger partial charge in [0.25, 0.3) is 0 Å². The topological polar surface area (TPSA) is 69.6 Å². The Labute approximate surface area is 331 Å². The van der Waals surface area contributed by atoms with Gasteiger partial charge in [0, 0.05) is 6.42 Å². The lowest BCUT2D eigenvalue weighted by atomic mass is 10.0. The third-order valence-corrected chi connectivity index (χ3v) is 10.9. The summed E-state index contributed by atoms with van der Waals surface area (Å²) in [4.78, 5) is 12.2. The monoisotopic (exact) mass is 744 g/mol. The van der Waals surface area contributed by atoms with Gasteiger partial charge in [0.05, 0.1) is 18.8 Å². The van der Waals surface area contributed by atoms with Crippen LogP contribution in [0.5, 0.6) is 0 Å². The largest absolute Gasteiger partial charge is 0.394 e. The minimum atomic E-state index is -0.832. The fraction of sp³-hybridized carbons (Fsp3) is 0.857. The van der Waals surface area contributed by atoms with Crippen molar-refractivity contribution in [3.8, 4) is 0 Å². The van der Waals surface area contributed by atoms with Crippen LogP contribution in [0, 0.1) is 0 Å². The summed E-state index contributed by atoms with van der Waals surface area (Å²) in [5, 5.41) is 22.5. The normalized spacial score (nSPS) is 13.2. The van der Waals surface area contributed by atoms with E-state index >= 15 is 0 Å². The number of aliphatic hydroxyl groups excluding tert-OH is 2. The van der Waals surface area contributed by atoms with Crippen molar-refractivity contribution in [3.63, 3.8) is 0 Å². The van der Waals surface area contributed by atoms with E-state index in [1.54, 1.807) is 6.08 Å². The quantitative estimate of drug-likeness (QED) is 0.0430. The number of nitrogens with one attached hydrogen (secondary N) is 1. The summed E-state index contributed by atoms with van der Waals surface area (Å²) in [6, 6.07) is -0.615. The molecule has 0 rings (SSSR count). The maximum atomic E-state index is 12.2. The summed E-state index contributed by atoms with van der Waals surface area (Å²) < 4.78 is 0. The van der Waals surface area contributed by atoms with E-state index in [4.69, 9.17) is 0 Å². The maximum absolute atomic E-state index is 12.2. The molecule has 0 aromatic carbocycles. The molecular formula is C49H93NO3. The zero-order valence-electron chi connectivity index (χ0n) is 35.8. The SMILES string of the molecule is CCCC/C=C/C(O)C(CO)NC(=O)CCCCCCCCCCCCCCCCCCCCCCCCCCC/C=C\C/C=C\CCCCCCC. The molecule has 0 spiro atoms. The van der Waals surface area contributed by atoms with Crippen molar-refractivity contribution < 1.29 is 15.0 Å². The lowest BCUT2D eigenvalue weighted by Gasteiger charge is -2.19. The van der Waals surface area contributed by atoms with Crippen molar-refractivity contribution in [2.45, 2.75) is 264 Å². The van der Waals surface area contributed by atoms with Crippen LogP contribution in [0.15, 0.2) is 36.5 Å². The van der Waals surface area contributed by atoms with E-state index in [-0.39, 0.29) is 12.5 Å². The Bertz CT molecular complexity index is 806. The number of amides is 1. The molecule has 2 unspecified atom stereocenters. The number of aliphatic hydroxyl groups is 2. The van der Waals surface area contributed by atoms with Gasteiger partial charge in [0.15, 0.2) is 0 Å². The van der Waals surface area contributed by atoms with Crippen molar-refractivity contribution in [3.05, 3.63) is 36.5 Å². The Hall–Kier alpha value is -1.39. The van der Waals surface area contributed by atoms with Crippen LogP contribution in [0.2, 0.25) is 0 Å². The highest BCUT2D eigenvalue weighted by atomic mass is 16.3. The third kappa shape index (κ3) is 41.6. The van der Waals surface area contributed by atoms with E-state index < -0.39 is 12.1 Å². The molecule has 0 saturated carbocycles. The fourth-order valence-corrected chi connectivity index (χ4v) is 7.20. The fourth-order valence-electron chi connectivity index (χ4n) is 7.20. The molecule has 312 valence electrons. The third-order valence-electron chi connectivity index (χ3n) is 10.9. The molecule has 2 atom stereocenters. The Kier molecular flexibility index (Phi) is 43.8. The summed E-state index contributed by atoms with van der Waals surface area (Å²) in [5.74, 6) is -0.0703. The lowest BCUT2D eigenvalue weighted by Crippen LogP contribution is -2.45. The maximum Gasteiger partial charge on any atom is 0.220 e. The van der Waals surface area contributed by atoms with E-state index in [0.29, 0.717) is 6.42 Å². The average Bonchev–Trinajstić information content (AvgIpc) is 3.16. The second kappa shape index (κ2) is 45.0. The molecule has 0 aliphatic heterocycles. The van der Waals surface area contributed by atoms with Crippen LogP contribution in [0.4, 0.5) is 0 Å². The Morgan fingerprint density at radius 3 is 1.17 bits per heavy atom. The average molecular weight is 744 g/mol. The highest BCUT2D eigenvalue weighted by molar-refractivity contribution is 5.76. The summed E-state index contributed by atoms with van der Waals surface area (Å²) in [5.41, 5.74) is 0. The van der Waals surface area contributed by atoms with E-state index in [2.05, 4.69) is 43.5 Å². The molecule has 0 aliphatic rings. The molecule has 0 aromatic rings. The Morgan fingerprint density at radius 2 is 0.792 bits per heavy atom. The van der Waals surface area contributed by atoms with Gasteiger partial charge in [-0.3, -0.25) is 4.79 Å². The molecule has 0 radical (unpaired) electrons. The van der Waals surface area contributed by atoms with Crippen LogP contribution in [-0.4, -0.2) is 34.9 Å². The number of hydrogen-bond acceptors (Lipinski definition) is 3. The second-order valence-electron chi connectivity index (χ2n) is 16.2. The van der Waals surface area contributed by atoms with E-state index in [1.165, 1.54) is 193 Å². The van der Waals surface area contributed by atoms with E-state index in [0.717, 1.165) is 38.5 Å². The summed E-state index contributed by atoms with van der Waals surface area (Å²) in [6.45, 7) is 4.17. The summed E-state index contributed by atoms with van der Waals surface area (Å²) >= 11 is 0. The first kappa shape index (κ1) is 51.6. The van der Waals surface area contributed by atoms with Gasteiger partial charge in [0.1, 0.15) is 0 Å². The van der Waals surface area contributed by atoms with Crippen LogP contribution >= 0.6 is 0 Å². The molecule has 0 aromatic heterocycles. The molecule has 1 amide bonds. The smallest absolute Gasteiger partial charge is 0.220 e. The van der Waals surface area contributed by atoms with Crippen molar-refractivity contribution in [2.75, 3.05) is 6.61 Å². The Morgan fingerprint density at radius 1 is 0.453 bits per heavy atom. The summed E-state index contributed by atoms with van der Waals surface area (Å²) in [6.07, 6.45) is 60.6. The first-order valence-corrected chi connectivity index (χ1v) is 23.7. The molecule has 0 fully saturated rings. The molecule has 0 bridgehead atoms. The van der Waals surface area contributed by atoms with Crippen LogP contribution in [0.1, 0.15) is 251 Å². The van der Waals surface area contributed by atoms with Crippen LogP contribution in [0.3, 0.4) is 0 Å². The molecule has 0 saturated heterocycles. The lowest BCUT2D eigenvalue weighted by molar-refractivity contribution is -0.123. The standard InChI is InChI=1S/C49H93NO3/c1-3-5-7-9-10-11-12-13-14-15-16-17-18-19-20-21-22-23-24-25-26-27-28-29-30-31-32-33-34-35-36-37-38-39-40-41-43-45-49(53)50-47(46-51)48(52)44-42-8-6-4-2/h12-13,15-16,42,44,47-48,51-52H,3-11,14,17-41,43,45-46H2,1-2H3,(H,50,53)/b13-12-,16-15-,44-42+. The van der Waals surface area contributed by atoms with Crippen molar-refractivity contribution >= 4 is 5.91 Å². The zero-order chi connectivity index (χ0) is 38.6. The van der Waals surface area contributed by atoms with E-state index in [9.17, 15) is 15.0 Å². The predicted octanol–water partition coefficient (Wildman–Crippen LogP) is 15.0. The highest BCUT2D eigenvalue weighted by Crippen LogP contribution is 2.16. The van der Waals surface area contributed by atoms with Gasteiger partial charge in [0.2, 0.25) is 5.91 Å². The Balaban J connectivity index is 3.29. The van der Waals surface area contributed by atoms with Crippen LogP contribution in [0.25, 0.3) is 0 Å². The number of carbonyl (C=O) groups excluding carboxylic acids is 1. The van der Waals surface area contributed by atoms with Gasteiger partial charge < -0.3 is 15.5 Å². The molecule has 3 N–H and O–H groups in total. The first-order valence-electron chi connectivity index (χ1n) is 23.7. The number of hydrogen-bond donors (Lipinski definition) is 3. The minimum Gasteiger partial charge on any atom is -0.394 e. The molecule has 53 heavy (non-hydrogen) atoms. The molecule has 4 nitrogen and oxygen atoms in total. The van der Waals surface area contributed by atoms with Crippen LogP contribution < -0.4 is 5.32 Å². The number of unbranched alkanes of at least 4 members (excludes halogenated alkanes) is 32. The van der Waals surface area contributed by atoms with Crippen LogP contribution in [-0.2, 0) is 4.79 Å². The van der Waals surface area contributed by atoms with Crippen molar-refractivity contribution in [2.24, 2.45) is 0 Å². The van der Waals surface area contributed by atoms with Gasteiger partial charge in [-0.05, 0) is 44.9 Å². The zero-order valence-corrected chi connectivity index (χ0v) is 35.8. The van der Waals surface area contributed by atoms with E-state index in [1.807, 2.05) is 6.08 Å². The molecule has 0 aliphatic carbocycles. The van der Waals surface area contributed by atoms with Gasteiger partial charge >= 0.3 is 0 Å². The molecule has 0 heterocycles. The van der Waals surface area contributed by atoms with Gasteiger partial charge in [-0.1, -0.05) is 237 Å². The first-order chi connectivity index (χ1) is 26.2. The van der Waals surface area contributed by atoms with Gasteiger partial charge in [-0.25, -0.2) is 0 Å². The summed E-state index contributed by atoms with van der Waals surface area (Å²) in [7, 11) is 0. The van der Waals surface area contributed by atoms with Gasteiger partial charge in [-0.15, -0.1) is 0 Å². The number of allylic oxidation sites excluding steroid dienone is 5. The predicted molar refractivity (Wildman–Crippen MR) is 235 cm³/mol. The van der Waals surface area contributed by atoms with Crippen molar-refractivity contribution in [1.29, 1.82) is 0 Å². The second-order valence-corrected chi connectivity index (χ2v) is 16.2. The van der Waals surface area contributed by atoms with Gasteiger partial charge in [-0.2, -0.15) is 0 Å². The van der Waals surface area contributed by atoms with Crippen molar-refractivity contribution in [1.82, 2.24) is 5.32 Å². The molecule has 4 heteroatoms. The number of carbonyl (C=O) groups is 1. The highest BCUT2D eigenvalue weighted by Gasteiger charge is 2.17. The minimum absolute atomic E-state index is 0.0703. The number of rotatable bonds is 43. The molecular weight excluding hydrogens is 651 g/mol.